The minimum absolute atomic E-state index is 0.179. The standard InChI is InChI=1S/C14H10FNO4/c15-11-3-1-8(5-10(11)14(17)18)16-9-2-4-12-13(6-9)20-7-19-12/h1-6,16H,7H2,(H,17,18). The highest BCUT2D eigenvalue weighted by atomic mass is 19.1. The number of aromatic carboxylic acids is 1. The van der Waals surface area contributed by atoms with Gasteiger partial charge in [-0.05, 0) is 30.3 Å². The predicted octanol–water partition coefficient (Wildman–Crippen LogP) is 3.00. The number of carboxylic acids is 1. The van der Waals surface area contributed by atoms with Gasteiger partial charge in [0, 0.05) is 17.4 Å². The van der Waals surface area contributed by atoms with Crippen molar-refractivity contribution in [3.63, 3.8) is 0 Å². The normalized spacial score (nSPS) is 12.2. The summed E-state index contributed by atoms with van der Waals surface area (Å²) in [4.78, 5) is 10.9. The molecular formula is C14H10FNO4. The number of anilines is 2. The minimum Gasteiger partial charge on any atom is -0.478 e. The molecule has 2 aromatic carbocycles. The molecule has 0 atom stereocenters. The lowest BCUT2D eigenvalue weighted by Gasteiger charge is -2.08. The first-order valence-electron chi connectivity index (χ1n) is 5.83. The molecule has 0 radical (unpaired) electrons. The van der Waals surface area contributed by atoms with Crippen LogP contribution in [0.4, 0.5) is 15.8 Å². The van der Waals surface area contributed by atoms with Crippen LogP contribution in [0.1, 0.15) is 10.4 Å². The highest BCUT2D eigenvalue weighted by Crippen LogP contribution is 2.35. The van der Waals surface area contributed by atoms with E-state index in [1.54, 1.807) is 18.2 Å². The second kappa shape index (κ2) is 4.73. The van der Waals surface area contributed by atoms with Crippen molar-refractivity contribution in [2.75, 3.05) is 12.1 Å². The molecule has 0 fully saturated rings. The number of halogens is 1. The maximum atomic E-state index is 13.3. The number of rotatable bonds is 3. The second-order valence-electron chi connectivity index (χ2n) is 4.19. The van der Waals surface area contributed by atoms with Crippen molar-refractivity contribution in [2.24, 2.45) is 0 Å². The largest absolute Gasteiger partial charge is 0.478 e. The molecule has 0 aliphatic carbocycles. The SMILES string of the molecule is O=C(O)c1cc(Nc2ccc3c(c2)OCO3)ccc1F. The van der Waals surface area contributed by atoms with E-state index in [4.69, 9.17) is 14.6 Å². The lowest BCUT2D eigenvalue weighted by molar-refractivity contribution is 0.0692. The lowest BCUT2D eigenvalue weighted by Crippen LogP contribution is -2.01. The monoisotopic (exact) mass is 275 g/mol. The van der Waals surface area contributed by atoms with Crippen LogP contribution in [0, 0.1) is 5.82 Å². The van der Waals surface area contributed by atoms with Gasteiger partial charge in [0.1, 0.15) is 5.82 Å². The van der Waals surface area contributed by atoms with Crippen molar-refractivity contribution in [3.8, 4) is 11.5 Å². The van der Waals surface area contributed by atoms with E-state index in [1.807, 2.05) is 0 Å². The zero-order valence-electron chi connectivity index (χ0n) is 10.2. The van der Waals surface area contributed by atoms with Gasteiger partial charge in [0.05, 0.1) is 5.56 Å². The van der Waals surface area contributed by atoms with Crippen LogP contribution in [0.5, 0.6) is 11.5 Å². The van der Waals surface area contributed by atoms with Gasteiger partial charge in [-0.2, -0.15) is 0 Å². The summed E-state index contributed by atoms with van der Waals surface area (Å²) >= 11 is 0. The minimum atomic E-state index is -1.31. The Labute approximate surface area is 113 Å². The summed E-state index contributed by atoms with van der Waals surface area (Å²) in [6.45, 7) is 0.179. The Balaban J connectivity index is 1.88. The van der Waals surface area contributed by atoms with Crippen molar-refractivity contribution < 1.29 is 23.8 Å². The van der Waals surface area contributed by atoms with Crippen molar-refractivity contribution >= 4 is 17.3 Å². The van der Waals surface area contributed by atoms with Gasteiger partial charge < -0.3 is 19.9 Å². The van der Waals surface area contributed by atoms with Crippen LogP contribution in [0.15, 0.2) is 36.4 Å². The van der Waals surface area contributed by atoms with Crippen molar-refractivity contribution in [3.05, 3.63) is 47.8 Å². The fourth-order valence-electron chi connectivity index (χ4n) is 1.91. The summed E-state index contributed by atoms with van der Waals surface area (Å²) < 4.78 is 23.7. The van der Waals surface area contributed by atoms with Gasteiger partial charge in [0.25, 0.3) is 0 Å². The van der Waals surface area contributed by atoms with Gasteiger partial charge in [-0.1, -0.05) is 0 Å². The van der Waals surface area contributed by atoms with E-state index in [2.05, 4.69) is 5.32 Å². The second-order valence-corrected chi connectivity index (χ2v) is 4.19. The molecule has 6 heteroatoms. The van der Waals surface area contributed by atoms with Gasteiger partial charge in [-0.25, -0.2) is 9.18 Å². The summed E-state index contributed by atoms with van der Waals surface area (Å²) in [5, 5.41) is 11.9. The lowest BCUT2D eigenvalue weighted by atomic mass is 10.2. The van der Waals surface area contributed by atoms with Crippen LogP contribution in [0.25, 0.3) is 0 Å². The summed E-state index contributed by atoms with van der Waals surface area (Å²) in [5.41, 5.74) is 0.788. The van der Waals surface area contributed by atoms with E-state index in [9.17, 15) is 9.18 Å². The average Bonchev–Trinajstić information content (AvgIpc) is 2.88. The quantitative estimate of drug-likeness (QED) is 0.901. The zero-order chi connectivity index (χ0) is 14.1. The van der Waals surface area contributed by atoms with E-state index >= 15 is 0 Å². The first-order valence-corrected chi connectivity index (χ1v) is 5.83. The van der Waals surface area contributed by atoms with Gasteiger partial charge >= 0.3 is 5.97 Å². The van der Waals surface area contributed by atoms with E-state index in [0.717, 1.165) is 6.07 Å². The molecule has 0 unspecified atom stereocenters. The topological polar surface area (TPSA) is 67.8 Å². The van der Waals surface area contributed by atoms with Gasteiger partial charge in [0.2, 0.25) is 6.79 Å². The Kier molecular flexibility index (Phi) is 2.90. The fraction of sp³-hybridized carbons (Fsp3) is 0.0714. The van der Waals surface area contributed by atoms with E-state index in [-0.39, 0.29) is 12.4 Å². The first-order chi connectivity index (χ1) is 9.63. The Morgan fingerprint density at radius 2 is 1.80 bits per heavy atom. The number of ether oxygens (including phenoxy) is 2. The van der Waals surface area contributed by atoms with Crippen LogP contribution in [0.3, 0.4) is 0 Å². The molecule has 3 rings (SSSR count). The molecule has 1 aliphatic heterocycles. The number of carbonyl (C=O) groups is 1. The Morgan fingerprint density at radius 3 is 2.60 bits per heavy atom. The molecule has 2 N–H and O–H groups in total. The smallest absolute Gasteiger partial charge is 0.338 e. The third-order valence-electron chi connectivity index (χ3n) is 2.86. The molecule has 0 saturated heterocycles. The first kappa shape index (κ1) is 12.3. The third-order valence-corrected chi connectivity index (χ3v) is 2.86. The Morgan fingerprint density at radius 1 is 1.10 bits per heavy atom. The molecule has 0 spiro atoms. The number of fused-ring (bicyclic) bond motifs is 1. The molecule has 0 amide bonds. The fourth-order valence-corrected chi connectivity index (χ4v) is 1.91. The number of benzene rings is 2. The predicted molar refractivity (Wildman–Crippen MR) is 69.2 cm³/mol. The van der Waals surface area contributed by atoms with Crippen molar-refractivity contribution in [2.45, 2.75) is 0 Å². The summed E-state index contributed by atoms with van der Waals surface area (Å²) in [7, 11) is 0. The van der Waals surface area contributed by atoms with Crippen molar-refractivity contribution in [1.29, 1.82) is 0 Å². The number of carboxylic acid groups (broad SMARTS) is 1. The third kappa shape index (κ3) is 2.23. The molecule has 0 aromatic heterocycles. The highest BCUT2D eigenvalue weighted by molar-refractivity contribution is 5.89. The molecule has 2 aromatic rings. The number of nitrogens with one attached hydrogen (secondary N) is 1. The van der Waals surface area contributed by atoms with Crippen LogP contribution in [-0.4, -0.2) is 17.9 Å². The Hall–Kier alpha value is -2.76. The van der Waals surface area contributed by atoms with Crippen LogP contribution in [0.2, 0.25) is 0 Å². The van der Waals surface area contributed by atoms with Gasteiger partial charge in [-0.15, -0.1) is 0 Å². The van der Waals surface area contributed by atoms with Crippen LogP contribution < -0.4 is 14.8 Å². The molecule has 0 saturated carbocycles. The highest BCUT2D eigenvalue weighted by Gasteiger charge is 2.14. The van der Waals surface area contributed by atoms with E-state index in [1.165, 1.54) is 12.1 Å². The molecule has 0 bridgehead atoms. The maximum Gasteiger partial charge on any atom is 0.338 e. The Bertz CT molecular complexity index is 687. The number of hydrogen-bond acceptors (Lipinski definition) is 4. The zero-order valence-corrected chi connectivity index (χ0v) is 10.2. The number of hydrogen-bond donors (Lipinski definition) is 2. The summed E-state index contributed by atoms with van der Waals surface area (Å²) in [6, 6.07) is 9.04. The van der Waals surface area contributed by atoms with Gasteiger partial charge in [-0.3, -0.25) is 0 Å². The molecule has 102 valence electrons. The van der Waals surface area contributed by atoms with Crippen molar-refractivity contribution in [1.82, 2.24) is 0 Å². The van der Waals surface area contributed by atoms with Crippen LogP contribution in [-0.2, 0) is 0 Å². The van der Waals surface area contributed by atoms with E-state index < -0.39 is 11.8 Å². The molecule has 5 nitrogen and oxygen atoms in total. The van der Waals surface area contributed by atoms with E-state index in [0.29, 0.717) is 22.9 Å². The molecule has 1 heterocycles. The molecule has 1 aliphatic rings. The summed E-state index contributed by atoms with van der Waals surface area (Å²) in [6.07, 6.45) is 0. The van der Waals surface area contributed by atoms with Gasteiger partial charge in [0.15, 0.2) is 11.5 Å². The molecular weight excluding hydrogens is 265 g/mol. The van der Waals surface area contributed by atoms with Crippen LogP contribution >= 0.6 is 0 Å². The maximum absolute atomic E-state index is 13.3. The molecule has 20 heavy (non-hydrogen) atoms. The average molecular weight is 275 g/mol. The summed E-state index contributed by atoms with van der Waals surface area (Å²) in [5.74, 6) is -0.818.